The minimum Gasteiger partial charge on any atom is -0.349 e. The summed E-state index contributed by atoms with van der Waals surface area (Å²) in [6.07, 6.45) is 7.00. The number of nitrogens with one attached hydrogen (secondary N) is 1. The van der Waals surface area contributed by atoms with E-state index in [-0.39, 0.29) is 23.8 Å². The molecule has 3 amide bonds. The standard InChI is InChI=1S/C26H32N2O3/c1-2-3-17-23(20-13-7-6-8-14-20)27-24(29)18-9-4-5-12-19-28-25(30)21-15-10-11-16-22(21)26(28)31/h6-8,10-11,13-16,23H,2-5,9,12,17-19H2,1H3,(H,27,29)/t23-/m0/s1. The van der Waals surface area contributed by atoms with E-state index in [0.29, 0.717) is 24.1 Å². The van der Waals surface area contributed by atoms with Crippen molar-refractivity contribution in [1.29, 1.82) is 0 Å². The fourth-order valence-corrected chi connectivity index (χ4v) is 4.03. The average molecular weight is 421 g/mol. The van der Waals surface area contributed by atoms with Crippen LogP contribution in [0.1, 0.15) is 90.6 Å². The molecule has 0 unspecified atom stereocenters. The number of fused-ring (bicyclic) bond motifs is 1. The topological polar surface area (TPSA) is 66.5 Å². The molecule has 5 heteroatoms. The highest BCUT2D eigenvalue weighted by Crippen LogP contribution is 2.23. The molecular formula is C26H32N2O3. The molecule has 2 aromatic carbocycles. The van der Waals surface area contributed by atoms with Crippen molar-refractivity contribution >= 4 is 17.7 Å². The Labute approximate surface area is 184 Å². The van der Waals surface area contributed by atoms with Crippen LogP contribution >= 0.6 is 0 Å². The molecule has 5 nitrogen and oxygen atoms in total. The lowest BCUT2D eigenvalue weighted by atomic mass is 10.0. The monoisotopic (exact) mass is 420 g/mol. The third-order valence-electron chi connectivity index (χ3n) is 5.80. The second kappa shape index (κ2) is 11.4. The van der Waals surface area contributed by atoms with E-state index < -0.39 is 0 Å². The largest absolute Gasteiger partial charge is 0.349 e. The minimum absolute atomic E-state index is 0.0717. The molecule has 1 aliphatic rings. The zero-order valence-electron chi connectivity index (χ0n) is 18.3. The van der Waals surface area contributed by atoms with E-state index in [4.69, 9.17) is 0 Å². The maximum absolute atomic E-state index is 12.4. The van der Waals surface area contributed by atoms with Gasteiger partial charge in [0, 0.05) is 13.0 Å². The van der Waals surface area contributed by atoms with Gasteiger partial charge in [-0.05, 0) is 37.0 Å². The van der Waals surface area contributed by atoms with Gasteiger partial charge in [0.1, 0.15) is 0 Å². The number of carbonyl (C=O) groups excluding carboxylic acids is 3. The third-order valence-corrected chi connectivity index (χ3v) is 5.80. The molecule has 1 heterocycles. The molecule has 0 radical (unpaired) electrons. The fraction of sp³-hybridized carbons (Fsp3) is 0.423. The van der Waals surface area contributed by atoms with Crippen molar-refractivity contribution < 1.29 is 14.4 Å². The molecule has 0 fully saturated rings. The lowest BCUT2D eigenvalue weighted by Crippen LogP contribution is -2.30. The van der Waals surface area contributed by atoms with Crippen LogP contribution in [0.5, 0.6) is 0 Å². The highest BCUT2D eigenvalue weighted by Gasteiger charge is 2.34. The van der Waals surface area contributed by atoms with Gasteiger partial charge in [-0.15, -0.1) is 0 Å². The Bertz CT molecular complexity index is 860. The summed E-state index contributed by atoms with van der Waals surface area (Å²) in [5.74, 6) is -0.302. The normalized spacial score (nSPS) is 13.9. The van der Waals surface area contributed by atoms with Gasteiger partial charge in [0.2, 0.25) is 5.91 Å². The third kappa shape index (κ3) is 6.03. The van der Waals surface area contributed by atoms with E-state index in [1.165, 1.54) is 4.90 Å². The molecule has 2 aromatic rings. The number of nitrogens with zero attached hydrogens (tertiary/aromatic N) is 1. The van der Waals surface area contributed by atoms with Crippen LogP contribution in [-0.2, 0) is 4.79 Å². The molecule has 3 rings (SSSR count). The Morgan fingerprint density at radius 3 is 2.10 bits per heavy atom. The highest BCUT2D eigenvalue weighted by molar-refractivity contribution is 6.21. The van der Waals surface area contributed by atoms with Crippen molar-refractivity contribution in [2.75, 3.05) is 6.54 Å². The lowest BCUT2D eigenvalue weighted by molar-refractivity contribution is -0.122. The number of carbonyl (C=O) groups is 3. The number of benzene rings is 2. The van der Waals surface area contributed by atoms with Gasteiger partial charge in [-0.2, -0.15) is 0 Å². The average Bonchev–Trinajstić information content (AvgIpc) is 3.04. The van der Waals surface area contributed by atoms with E-state index in [1.54, 1.807) is 24.3 Å². The molecular weight excluding hydrogens is 388 g/mol. The second-order valence-electron chi connectivity index (χ2n) is 8.14. The van der Waals surface area contributed by atoms with Crippen LogP contribution in [0.3, 0.4) is 0 Å². The molecule has 1 aliphatic heterocycles. The first-order valence-corrected chi connectivity index (χ1v) is 11.4. The van der Waals surface area contributed by atoms with Crippen LogP contribution in [-0.4, -0.2) is 29.2 Å². The maximum Gasteiger partial charge on any atom is 0.261 e. The predicted molar refractivity (Wildman–Crippen MR) is 122 cm³/mol. The van der Waals surface area contributed by atoms with Crippen molar-refractivity contribution in [3.63, 3.8) is 0 Å². The Morgan fingerprint density at radius 2 is 1.45 bits per heavy atom. The van der Waals surface area contributed by atoms with Gasteiger partial charge < -0.3 is 5.32 Å². The summed E-state index contributed by atoms with van der Waals surface area (Å²) in [7, 11) is 0. The predicted octanol–water partition coefficient (Wildman–Crippen LogP) is 5.28. The zero-order valence-corrected chi connectivity index (χ0v) is 18.3. The Kier molecular flexibility index (Phi) is 8.39. The van der Waals surface area contributed by atoms with E-state index in [9.17, 15) is 14.4 Å². The number of hydrogen-bond donors (Lipinski definition) is 1. The molecule has 1 N–H and O–H groups in total. The van der Waals surface area contributed by atoms with E-state index >= 15 is 0 Å². The molecule has 0 aromatic heterocycles. The first-order chi connectivity index (χ1) is 15.1. The van der Waals surface area contributed by atoms with Crippen LogP contribution in [0, 0.1) is 0 Å². The van der Waals surface area contributed by atoms with Crippen molar-refractivity contribution in [2.24, 2.45) is 0 Å². The van der Waals surface area contributed by atoms with Gasteiger partial charge in [0.05, 0.1) is 17.2 Å². The zero-order chi connectivity index (χ0) is 22.1. The summed E-state index contributed by atoms with van der Waals surface area (Å²) >= 11 is 0. The minimum atomic E-state index is -0.195. The smallest absolute Gasteiger partial charge is 0.261 e. The summed E-state index contributed by atoms with van der Waals surface area (Å²) in [5.41, 5.74) is 2.16. The fourth-order valence-electron chi connectivity index (χ4n) is 4.03. The summed E-state index contributed by atoms with van der Waals surface area (Å²) < 4.78 is 0. The summed E-state index contributed by atoms with van der Waals surface area (Å²) in [4.78, 5) is 38.5. The number of hydrogen-bond acceptors (Lipinski definition) is 3. The molecule has 0 saturated heterocycles. The first-order valence-electron chi connectivity index (χ1n) is 11.4. The molecule has 164 valence electrons. The van der Waals surface area contributed by atoms with E-state index in [2.05, 4.69) is 24.4 Å². The number of unbranched alkanes of at least 4 members (excludes halogenated alkanes) is 4. The summed E-state index contributed by atoms with van der Waals surface area (Å²) in [6, 6.07) is 17.2. The maximum atomic E-state index is 12.4. The van der Waals surface area contributed by atoms with Crippen LogP contribution in [0.25, 0.3) is 0 Å². The van der Waals surface area contributed by atoms with Gasteiger partial charge in [0.15, 0.2) is 0 Å². The molecule has 0 bridgehead atoms. The van der Waals surface area contributed by atoms with Crippen LogP contribution < -0.4 is 5.32 Å². The number of imide groups is 1. The van der Waals surface area contributed by atoms with Crippen LogP contribution in [0.2, 0.25) is 0 Å². The second-order valence-corrected chi connectivity index (χ2v) is 8.14. The SMILES string of the molecule is CCCC[C@H](NC(=O)CCCCCCN1C(=O)c2ccccc2C1=O)c1ccccc1. The Balaban J connectivity index is 1.35. The number of amides is 3. The van der Waals surface area contributed by atoms with Gasteiger partial charge in [-0.1, -0.05) is 75.1 Å². The molecule has 0 aliphatic carbocycles. The number of rotatable bonds is 12. The molecule has 0 spiro atoms. The van der Waals surface area contributed by atoms with Crippen molar-refractivity contribution in [3.8, 4) is 0 Å². The first kappa shape index (κ1) is 22.7. The van der Waals surface area contributed by atoms with Gasteiger partial charge >= 0.3 is 0 Å². The van der Waals surface area contributed by atoms with Gasteiger partial charge in [-0.3, -0.25) is 19.3 Å². The van der Waals surface area contributed by atoms with E-state index in [0.717, 1.165) is 50.5 Å². The van der Waals surface area contributed by atoms with E-state index in [1.807, 2.05) is 18.2 Å². The lowest BCUT2D eigenvalue weighted by Gasteiger charge is -2.19. The Morgan fingerprint density at radius 1 is 0.839 bits per heavy atom. The van der Waals surface area contributed by atoms with Crippen LogP contribution in [0.4, 0.5) is 0 Å². The van der Waals surface area contributed by atoms with Crippen molar-refractivity contribution in [3.05, 3.63) is 71.3 Å². The Hall–Kier alpha value is -2.95. The summed E-state index contributed by atoms with van der Waals surface area (Å²) in [5, 5.41) is 3.19. The van der Waals surface area contributed by atoms with Gasteiger partial charge in [-0.25, -0.2) is 0 Å². The molecule has 1 atom stereocenters. The van der Waals surface area contributed by atoms with Crippen LogP contribution in [0.15, 0.2) is 54.6 Å². The van der Waals surface area contributed by atoms with Gasteiger partial charge in [0.25, 0.3) is 11.8 Å². The van der Waals surface area contributed by atoms with Crippen molar-refractivity contribution in [1.82, 2.24) is 10.2 Å². The summed E-state index contributed by atoms with van der Waals surface area (Å²) in [6.45, 7) is 2.59. The molecule has 31 heavy (non-hydrogen) atoms. The highest BCUT2D eigenvalue weighted by atomic mass is 16.2. The molecule has 0 saturated carbocycles. The van der Waals surface area contributed by atoms with Crippen molar-refractivity contribution in [2.45, 2.75) is 64.3 Å². The quantitative estimate of drug-likeness (QED) is 0.375.